The largest absolute Gasteiger partial charge is 0.314 e. The lowest BCUT2D eigenvalue weighted by molar-refractivity contribution is 0.179. The Bertz CT molecular complexity index is 402. The van der Waals surface area contributed by atoms with Crippen LogP contribution >= 0.6 is 12.4 Å². The van der Waals surface area contributed by atoms with Crippen molar-refractivity contribution >= 4 is 22.4 Å². The minimum absolute atomic E-state index is 0. The van der Waals surface area contributed by atoms with Gasteiger partial charge in [-0.25, -0.2) is 12.7 Å². The highest BCUT2D eigenvalue weighted by atomic mass is 35.5. The van der Waals surface area contributed by atoms with Crippen molar-refractivity contribution in [3.63, 3.8) is 0 Å². The highest BCUT2D eigenvalue weighted by Crippen LogP contribution is 2.24. The summed E-state index contributed by atoms with van der Waals surface area (Å²) < 4.78 is 26.4. The maximum absolute atomic E-state index is 12.4. The maximum atomic E-state index is 12.4. The first kappa shape index (κ1) is 18.2. The zero-order valence-electron chi connectivity index (χ0n) is 12.8. The summed E-state index contributed by atoms with van der Waals surface area (Å²) in [6.07, 6.45) is 0.976. The lowest BCUT2D eigenvalue weighted by Gasteiger charge is -2.32. The van der Waals surface area contributed by atoms with E-state index in [1.807, 2.05) is 20.8 Å². The van der Waals surface area contributed by atoms with Crippen molar-refractivity contribution in [2.45, 2.75) is 33.2 Å². The van der Waals surface area contributed by atoms with Crippen molar-refractivity contribution in [3.05, 3.63) is 0 Å². The van der Waals surface area contributed by atoms with E-state index in [1.54, 1.807) is 4.31 Å². The highest BCUT2D eigenvalue weighted by molar-refractivity contribution is 7.89. The monoisotopic (exact) mass is 325 g/mol. The summed E-state index contributed by atoms with van der Waals surface area (Å²) in [5.41, 5.74) is -0.175. The number of hydrogen-bond acceptors (Lipinski definition) is 4. The van der Waals surface area contributed by atoms with Crippen molar-refractivity contribution in [3.8, 4) is 0 Å². The van der Waals surface area contributed by atoms with Gasteiger partial charge in [0.1, 0.15) is 0 Å². The van der Waals surface area contributed by atoms with E-state index in [0.717, 1.165) is 32.6 Å². The SMILES string of the molecule is CC(C)(C)CS(=O)(=O)N1CCC(N2CCNCC2)C1.Cl. The molecule has 2 aliphatic rings. The number of piperazine rings is 1. The Labute approximate surface area is 129 Å². The van der Waals surface area contributed by atoms with Crippen LogP contribution in [0.25, 0.3) is 0 Å². The minimum atomic E-state index is -3.10. The summed E-state index contributed by atoms with van der Waals surface area (Å²) in [5.74, 6) is 0.244. The third kappa shape index (κ3) is 4.84. The molecule has 1 atom stereocenters. The number of nitrogens with zero attached hydrogens (tertiary/aromatic N) is 2. The van der Waals surface area contributed by atoms with E-state index in [-0.39, 0.29) is 23.6 Å². The number of sulfonamides is 1. The Balaban J connectivity index is 0.00000200. The summed E-state index contributed by atoms with van der Waals surface area (Å²) in [6, 6.07) is 0.414. The maximum Gasteiger partial charge on any atom is 0.214 e. The molecule has 0 bridgehead atoms. The number of nitrogens with one attached hydrogen (secondary N) is 1. The minimum Gasteiger partial charge on any atom is -0.314 e. The van der Waals surface area contributed by atoms with Crippen molar-refractivity contribution in [2.24, 2.45) is 5.41 Å². The second-order valence-electron chi connectivity index (χ2n) is 6.90. The van der Waals surface area contributed by atoms with Crippen LogP contribution in [-0.4, -0.2) is 68.7 Å². The normalized spacial score (nSPS) is 26.4. The second kappa shape index (κ2) is 6.92. The highest BCUT2D eigenvalue weighted by Gasteiger charge is 2.36. The summed E-state index contributed by atoms with van der Waals surface area (Å²) in [4.78, 5) is 2.43. The van der Waals surface area contributed by atoms with E-state index in [4.69, 9.17) is 0 Å². The van der Waals surface area contributed by atoms with Gasteiger partial charge in [0.2, 0.25) is 10.0 Å². The molecule has 2 heterocycles. The van der Waals surface area contributed by atoms with Crippen molar-refractivity contribution in [1.82, 2.24) is 14.5 Å². The molecule has 7 heteroatoms. The van der Waals surface area contributed by atoms with E-state index >= 15 is 0 Å². The fourth-order valence-electron chi connectivity index (χ4n) is 2.95. The molecule has 2 rings (SSSR count). The van der Waals surface area contributed by atoms with Crippen LogP contribution < -0.4 is 5.32 Å². The molecular weight excluding hydrogens is 298 g/mol. The van der Waals surface area contributed by atoms with Gasteiger partial charge >= 0.3 is 0 Å². The molecule has 2 saturated heterocycles. The van der Waals surface area contributed by atoms with Crippen molar-refractivity contribution < 1.29 is 8.42 Å². The molecule has 1 N–H and O–H groups in total. The van der Waals surface area contributed by atoms with Gasteiger partial charge in [-0.15, -0.1) is 12.4 Å². The van der Waals surface area contributed by atoms with Gasteiger partial charge in [-0.2, -0.15) is 0 Å². The second-order valence-corrected chi connectivity index (χ2v) is 8.87. The fourth-order valence-corrected chi connectivity index (χ4v) is 5.01. The van der Waals surface area contributed by atoms with E-state index < -0.39 is 10.0 Å². The molecule has 0 amide bonds. The molecule has 20 heavy (non-hydrogen) atoms. The van der Waals surface area contributed by atoms with E-state index in [1.165, 1.54) is 0 Å². The summed E-state index contributed by atoms with van der Waals surface area (Å²) >= 11 is 0. The zero-order valence-corrected chi connectivity index (χ0v) is 14.4. The van der Waals surface area contributed by atoms with Gasteiger partial charge in [-0.05, 0) is 11.8 Å². The van der Waals surface area contributed by atoms with Crippen molar-refractivity contribution in [2.75, 3.05) is 45.0 Å². The van der Waals surface area contributed by atoms with Crippen molar-refractivity contribution in [1.29, 1.82) is 0 Å². The van der Waals surface area contributed by atoms with Crippen LogP contribution in [-0.2, 0) is 10.0 Å². The molecule has 120 valence electrons. The molecule has 0 spiro atoms. The van der Waals surface area contributed by atoms with Gasteiger partial charge in [0.25, 0.3) is 0 Å². The van der Waals surface area contributed by atoms with Gasteiger partial charge in [0.05, 0.1) is 5.75 Å². The Kier molecular flexibility index (Phi) is 6.29. The van der Waals surface area contributed by atoms with Crippen LogP contribution in [0.15, 0.2) is 0 Å². The van der Waals surface area contributed by atoms with Gasteiger partial charge in [0.15, 0.2) is 0 Å². The van der Waals surface area contributed by atoms with Crippen LogP contribution in [0.2, 0.25) is 0 Å². The Morgan fingerprint density at radius 3 is 2.30 bits per heavy atom. The van der Waals surface area contributed by atoms with Crippen LogP contribution in [0.3, 0.4) is 0 Å². The van der Waals surface area contributed by atoms with Gasteiger partial charge < -0.3 is 5.32 Å². The molecule has 0 aromatic heterocycles. The zero-order chi connectivity index (χ0) is 14.1. The lowest BCUT2D eigenvalue weighted by Crippen LogP contribution is -2.49. The average Bonchev–Trinajstić information content (AvgIpc) is 2.77. The lowest BCUT2D eigenvalue weighted by atomic mass is 10.0. The molecule has 5 nitrogen and oxygen atoms in total. The van der Waals surface area contributed by atoms with E-state index in [0.29, 0.717) is 19.1 Å². The summed E-state index contributed by atoms with van der Waals surface area (Å²) in [6.45, 7) is 11.4. The Morgan fingerprint density at radius 1 is 1.15 bits per heavy atom. The molecular formula is C13H28ClN3O2S. The fraction of sp³-hybridized carbons (Fsp3) is 1.00. The van der Waals surface area contributed by atoms with Gasteiger partial charge in [-0.3, -0.25) is 4.90 Å². The first-order chi connectivity index (χ1) is 8.78. The third-order valence-electron chi connectivity index (χ3n) is 3.80. The summed E-state index contributed by atoms with van der Waals surface area (Å²) in [5, 5.41) is 3.34. The molecule has 0 aromatic rings. The Hall–Kier alpha value is 0.120. The molecule has 2 aliphatic heterocycles. The third-order valence-corrected chi connectivity index (χ3v) is 6.15. The average molecular weight is 326 g/mol. The molecule has 0 aliphatic carbocycles. The number of rotatable bonds is 3. The molecule has 0 saturated carbocycles. The Morgan fingerprint density at radius 2 is 1.75 bits per heavy atom. The van der Waals surface area contributed by atoms with E-state index in [9.17, 15) is 8.42 Å². The first-order valence-corrected chi connectivity index (χ1v) is 8.81. The molecule has 2 fully saturated rings. The summed E-state index contributed by atoms with van der Waals surface area (Å²) in [7, 11) is -3.10. The van der Waals surface area contributed by atoms with Crippen LogP contribution in [0.4, 0.5) is 0 Å². The standard InChI is InChI=1S/C13H27N3O2S.ClH/c1-13(2,3)11-19(17,18)16-7-4-12(10-16)15-8-5-14-6-9-15;/h12,14H,4-11H2,1-3H3;1H. The molecule has 1 unspecified atom stereocenters. The smallest absolute Gasteiger partial charge is 0.214 e. The molecule has 0 radical (unpaired) electrons. The van der Waals surface area contributed by atoms with Crippen LogP contribution in [0.5, 0.6) is 0 Å². The van der Waals surface area contributed by atoms with Crippen LogP contribution in [0.1, 0.15) is 27.2 Å². The number of halogens is 1. The van der Waals surface area contributed by atoms with Gasteiger partial charge in [-0.1, -0.05) is 20.8 Å². The predicted molar refractivity (Wildman–Crippen MR) is 84.9 cm³/mol. The molecule has 0 aromatic carbocycles. The van der Waals surface area contributed by atoms with E-state index in [2.05, 4.69) is 10.2 Å². The van der Waals surface area contributed by atoms with Crippen LogP contribution in [0, 0.1) is 5.41 Å². The predicted octanol–water partition coefficient (Wildman–Crippen LogP) is 0.764. The first-order valence-electron chi connectivity index (χ1n) is 7.20. The number of hydrogen-bond donors (Lipinski definition) is 1. The topological polar surface area (TPSA) is 52.7 Å². The quantitative estimate of drug-likeness (QED) is 0.832. The van der Waals surface area contributed by atoms with Gasteiger partial charge in [0, 0.05) is 45.3 Å².